The Hall–Kier alpha value is -2.94. The Bertz CT molecular complexity index is 978. The Morgan fingerprint density at radius 2 is 1.70 bits per heavy atom. The molecule has 3 heteroatoms. The minimum atomic E-state index is -0.411. The molecule has 0 aromatic heterocycles. The van der Waals surface area contributed by atoms with Gasteiger partial charge < -0.3 is 5.73 Å². The fourth-order valence-electron chi connectivity index (χ4n) is 3.97. The summed E-state index contributed by atoms with van der Waals surface area (Å²) < 4.78 is 13.4. The van der Waals surface area contributed by atoms with Gasteiger partial charge in [0.2, 0.25) is 5.91 Å². The number of carbonyl (C=O) groups excluding carboxylic acids is 1. The summed E-state index contributed by atoms with van der Waals surface area (Å²) in [6, 6.07) is 21.0. The van der Waals surface area contributed by atoms with Crippen LogP contribution in [0.4, 0.5) is 4.39 Å². The van der Waals surface area contributed by atoms with Crippen LogP contribution in [-0.2, 0) is 19.3 Å². The Morgan fingerprint density at radius 1 is 0.926 bits per heavy atom. The van der Waals surface area contributed by atoms with E-state index >= 15 is 0 Å². The van der Waals surface area contributed by atoms with E-state index in [9.17, 15) is 9.18 Å². The van der Waals surface area contributed by atoms with Crippen LogP contribution in [0.1, 0.15) is 33.5 Å². The first-order chi connectivity index (χ1) is 13.1. The summed E-state index contributed by atoms with van der Waals surface area (Å²) in [4.78, 5) is 11.4. The van der Waals surface area contributed by atoms with Crippen LogP contribution in [0, 0.1) is 11.7 Å². The number of hydrogen-bond acceptors (Lipinski definition) is 1. The first-order valence-corrected chi connectivity index (χ1v) is 9.35. The monoisotopic (exact) mass is 359 g/mol. The Balaban J connectivity index is 1.39. The number of fused-ring (bicyclic) bond motifs is 1. The lowest BCUT2D eigenvalue weighted by atomic mass is 9.95. The number of primary amides is 1. The summed E-state index contributed by atoms with van der Waals surface area (Å²) in [6.45, 7) is 0. The van der Waals surface area contributed by atoms with Crippen LogP contribution in [0.2, 0.25) is 0 Å². The van der Waals surface area contributed by atoms with Crippen molar-refractivity contribution in [3.05, 3.63) is 94.8 Å². The second-order valence-corrected chi connectivity index (χ2v) is 7.37. The highest BCUT2D eigenvalue weighted by molar-refractivity contribution is 5.94. The fraction of sp³-hybridized carbons (Fsp3) is 0.208. The molecule has 2 nitrogen and oxygen atoms in total. The van der Waals surface area contributed by atoms with Crippen LogP contribution in [0.5, 0.6) is 0 Å². The zero-order valence-corrected chi connectivity index (χ0v) is 15.1. The summed E-state index contributed by atoms with van der Waals surface area (Å²) in [5, 5.41) is 0. The molecule has 2 N–H and O–H groups in total. The molecule has 0 bridgehead atoms. The van der Waals surface area contributed by atoms with E-state index in [4.69, 9.17) is 5.73 Å². The number of halogens is 1. The minimum absolute atomic E-state index is 0.134. The smallest absolute Gasteiger partial charge is 0.248 e. The highest BCUT2D eigenvalue weighted by Crippen LogP contribution is 2.30. The number of benzene rings is 3. The SMILES string of the molecule is NC(=O)c1cccc(-c2ccc(CCC3Cc4ccc(F)cc4C3)cc2)c1. The summed E-state index contributed by atoms with van der Waals surface area (Å²) in [7, 11) is 0. The van der Waals surface area contributed by atoms with Gasteiger partial charge in [-0.15, -0.1) is 0 Å². The van der Waals surface area contributed by atoms with Crippen molar-refractivity contribution < 1.29 is 9.18 Å². The van der Waals surface area contributed by atoms with Crippen molar-refractivity contribution in [1.29, 1.82) is 0 Å². The van der Waals surface area contributed by atoms with E-state index in [1.54, 1.807) is 18.2 Å². The number of aryl methyl sites for hydroxylation is 1. The lowest BCUT2D eigenvalue weighted by molar-refractivity contribution is 0.100. The fourth-order valence-corrected chi connectivity index (χ4v) is 3.97. The highest BCUT2D eigenvalue weighted by atomic mass is 19.1. The number of rotatable bonds is 5. The van der Waals surface area contributed by atoms with Gasteiger partial charge in [0.1, 0.15) is 5.82 Å². The van der Waals surface area contributed by atoms with Crippen molar-refractivity contribution in [2.24, 2.45) is 11.7 Å². The van der Waals surface area contributed by atoms with E-state index in [1.165, 1.54) is 16.7 Å². The van der Waals surface area contributed by atoms with Gasteiger partial charge in [-0.2, -0.15) is 0 Å². The van der Waals surface area contributed by atoms with Crippen molar-refractivity contribution >= 4 is 5.91 Å². The molecule has 3 aromatic carbocycles. The first-order valence-electron chi connectivity index (χ1n) is 9.35. The Kier molecular flexibility index (Phi) is 4.76. The van der Waals surface area contributed by atoms with Gasteiger partial charge in [0.25, 0.3) is 0 Å². The summed E-state index contributed by atoms with van der Waals surface area (Å²) >= 11 is 0. The van der Waals surface area contributed by atoms with Crippen molar-refractivity contribution in [2.75, 3.05) is 0 Å². The maximum Gasteiger partial charge on any atom is 0.248 e. The molecule has 1 aliphatic rings. The van der Waals surface area contributed by atoms with Crippen LogP contribution in [0.25, 0.3) is 11.1 Å². The van der Waals surface area contributed by atoms with Crippen LogP contribution >= 0.6 is 0 Å². The molecule has 3 aromatic rings. The largest absolute Gasteiger partial charge is 0.366 e. The average Bonchev–Trinajstić information content (AvgIpc) is 3.09. The molecule has 0 spiro atoms. The molecule has 0 heterocycles. The third-order valence-corrected chi connectivity index (χ3v) is 5.46. The standard InChI is InChI=1S/C24H22FNO/c25-23-11-10-20-12-17(13-22(20)15-23)5-4-16-6-8-18(9-7-16)19-2-1-3-21(14-19)24(26)27/h1-3,6-11,14-15,17H,4-5,12-13H2,(H2,26,27). The zero-order chi connectivity index (χ0) is 18.8. The van der Waals surface area contributed by atoms with Crippen LogP contribution < -0.4 is 5.73 Å². The van der Waals surface area contributed by atoms with E-state index in [2.05, 4.69) is 24.3 Å². The molecule has 0 saturated carbocycles. The molecule has 136 valence electrons. The summed E-state index contributed by atoms with van der Waals surface area (Å²) in [5.41, 5.74) is 11.7. The van der Waals surface area contributed by atoms with Gasteiger partial charge in [-0.25, -0.2) is 4.39 Å². The van der Waals surface area contributed by atoms with Crippen molar-refractivity contribution in [3.63, 3.8) is 0 Å². The lowest BCUT2D eigenvalue weighted by Crippen LogP contribution is -2.10. The maximum absolute atomic E-state index is 13.4. The van der Waals surface area contributed by atoms with E-state index < -0.39 is 5.91 Å². The average molecular weight is 359 g/mol. The molecular weight excluding hydrogens is 337 g/mol. The maximum atomic E-state index is 13.4. The second-order valence-electron chi connectivity index (χ2n) is 7.37. The number of amides is 1. The van der Waals surface area contributed by atoms with Crippen molar-refractivity contribution in [1.82, 2.24) is 0 Å². The third-order valence-electron chi connectivity index (χ3n) is 5.46. The first kappa shape index (κ1) is 17.5. The molecular formula is C24H22FNO. The molecule has 0 aliphatic heterocycles. The van der Waals surface area contributed by atoms with Crippen LogP contribution in [0.15, 0.2) is 66.7 Å². The number of nitrogens with two attached hydrogens (primary N) is 1. The Labute approximate surface area is 158 Å². The van der Waals surface area contributed by atoms with Gasteiger partial charge in [-0.3, -0.25) is 4.79 Å². The van der Waals surface area contributed by atoms with Gasteiger partial charge in [0.05, 0.1) is 0 Å². The van der Waals surface area contributed by atoms with Crippen molar-refractivity contribution in [3.8, 4) is 11.1 Å². The molecule has 1 aliphatic carbocycles. The molecule has 0 fully saturated rings. The normalized spacial score (nSPS) is 15.5. The molecule has 27 heavy (non-hydrogen) atoms. The lowest BCUT2D eigenvalue weighted by Gasteiger charge is -2.10. The van der Waals surface area contributed by atoms with Crippen LogP contribution in [0.3, 0.4) is 0 Å². The van der Waals surface area contributed by atoms with Gasteiger partial charge in [-0.05, 0) is 83.7 Å². The number of hydrogen-bond donors (Lipinski definition) is 1. The minimum Gasteiger partial charge on any atom is -0.366 e. The van der Waals surface area contributed by atoms with E-state index in [0.29, 0.717) is 11.5 Å². The predicted octanol–water partition coefficient (Wildman–Crippen LogP) is 4.94. The molecule has 1 unspecified atom stereocenters. The molecule has 1 amide bonds. The van der Waals surface area contributed by atoms with E-state index in [-0.39, 0.29) is 5.82 Å². The quantitative estimate of drug-likeness (QED) is 0.689. The van der Waals surface area contributed by atoms with E-state index in [1.807, 2.05) is 24.3 Å². The molecule has 4 rings (SSSR count). The Morgan fingerprint density at radius 3 is 2.48 bits per heavy atom. The molecule has 1 atom stereocenters. The topological polar surface area (TPSA) is 43.1 Å². The zero-order valence-electron chi connectivity index (χ0n) is 15.1. The molecule has 0 saturated heterocycles. The van der Waals surface area contributed by atoms with Gasteiger partial charge in [0.15, 0.2) is 0 Å². The third kappa shape index (κ3) is 3.92. The van der Waals surface area contributed by atoms with Gasteiger partial charge in [0, 0.05) is 5.56 Å². The van der Waals surface area contributed by atoms with Crippen LogP contribution in [-0.4, -0.2) is 5.91 Å². The second kappa shape index (κ2) is 7.36. The van der Waals surface area contributed by atoms with Gasteiger partial charge >= 0.3 is 0 Å². The van der Waals surface area contributed by atoms with Crippen molar-refractivity contribution in [2.45, 2.75) is 25.7 Å². The number of carbonyl (C=O) groups is 1. The summed E-state index contributed by atoms with van der Waals surface area (Å²) in [6.07, 6.45) is 4.15. The van der Waals surface area contributed by atoms with E-state index in [0.717, 1.165) is 36.8 Å². The predicted molar refractivity (Wildman–Crippen MR) is 106 cm³/mol. The molecule has 0 radical (unpaired) electrons. The highest BCUT2D eigenvalue weighted by Gasteiger charge is 2.21. The van der Waals surface area contributed by atoms with Gasteiger partial charge in [-0.1, -0.05) is 42.5 Å². The summed E-state index contributed by atoms with van der Waals surface area (Å²) in [5.74, 6) is 0.0463.